The third kappa shape index (κ3) is 6.16. The van der Waals surface area contributed by atoms with Crippen LogP contribution in [0.2, 0.25) is 0 Å². The molecule has 0 amide bonds. The van der Waals surface area contributed by atoms with Gasteiger partial charge >= 0.3 is 0 Å². The van der Waals surface area contributed by atoms with Crippen molar-refractivity contribution < 1.29 is 75.3 Å². The maximum absolute atomic E-state index is 15.3. The van der Waals surface area contributed by atoms with Crippen molar-refractivity contribution in [1.82, 2.24) is 0 Å². The second kappa shape index (κ2) is 12.9. The second-order valence-electron chi connectivity index (χ2n) is 10.7. The third-order valence-corrected chi connectivity index (χ3v) is 9.21. The summed E-state index contributed by atoms with van der Waals surface area (Å²) in [5.41, 5.74) is -4.69. The van der Waals surface area contributed by atoms with Crippen LogP contribution < -0.4 is 9.47 Å². The van der Waals surface area contributed by atoms with Gasteiger partial charge in [0.2, 0.25) is 40.6 Å². The van der Waals surface area contributed by atoms with Crippen molar-refractivity contribution in [3.63, 3.8) is 0 Å². The molecule has 0 bridgehead atoms. The van der Waals surface area contributed by atoms with Gasteiger partial charge in [-0.1, -0.05) is 36.4 Å². The van der Waals surface area contributed by atoms with Gasteiger partial charge in [0, 0.05) is 16.8 Å². The number of hydrogen-bond donors (Lipinski definition) is 2. The summed E-state index contributed by atoms with van der Waals surface area (Å²) in [6.45, 7) is 0. The number of carbonyl (C=O) groups is 1. The Balaban J connectivity index is 1.45. The number of benzene rings is 6. The molecule has 0 saturated heterocycles. The molecule has 0 fully saturated rings. The Kier molecular flexibility index (Phi) is 8.94. The van der Waals surface area contributed by atoms with E-state index in [1.165, 1.54) is 24.3 Å². The highest BCUT2D eigenvalue weighted by atomic mass is 32.2. The van der Waals surface area contributed by atoms with Gasteiger partial charge in [-0.3, -0.25) is 13.9 Å². The molecule has 0 spiro atoms. The molecule has 0 unspecified atom stereocenters. The minimum absolute atomic E-state index is 0.225. The number of fused-ring (bicyclic) bond motifs is 2. The molecule has 0 atom stereocenters. The molecule has 268 valence electrons. The van der Waals surface area contributed by atoms with Crippen LogP contribution in [0.15, 0.2) is 82.6 Å². The quantitative estimate of drug-likeness (QED) is 0.0675. The van der Waals surface area contributed by atoms with Crippen LogP contribution in [-0.4, -0.2) is 31.7 Å². The molecule has 9 nitrogen and oxygen atoms in total. The summed E-state index contributed by atoms with van der Waals surface area (Å²) in [6, 6.07) is 13.3. The molecule has 0 aromatic heterocycles. The van der Waals surface area contributed by atoms with E-state index in [1.54, 1.807) is 18.2 Å². The Labute approximate surface area is 285 Å². The summed E-state index contributed by atoms with van der Waals surface area (Å²) in [7, 11) is -10.1. The van der Waals surface area contributed by atoms with Crippen LogP contribution in [0.5, 0.6) is 23.0 Å². The molecule has 2 N–H and O–H groups in total. The van der Waals surface area contributed by atoms with Crippen LogP contribution in [0, 0.1) is 46.5 Å². The summed E-state index contributed by atoms with van der Waals surface area (Å²) in [5, 5.41) is -0.221. The molecule has 0 aliphatic rings. The summed E-state index contributed by atoms with van der Waals surface area (Å²) in [6.07, 6.45) is 0. The fourth-order valence-corrected chi connectivity index (χ4v) is 6.16. The standard InChI is InChI=1S/C33H14F8O9S2/c34-23-21(24(35)28(39)32(27(23)38)49-19-7-3-5-13-4-1-2-6-17(13)19)31(42)22-25(36)29(40)33(30(41)26(22)37)50-20-12-16(52(46,47)48)11-14-10-15(51(43,44)45)8-9-18(14)20/h1-12H,(H,43,44,45)(H,46,47,48). The van der Waals surface area contributed by atoms with Crippen molar-refractivity contribution in [2.75, 3.05) is 0 Å². The van der Waals surface area contributed by atoms with E-state index in [-0.39, 0.29) is 11.1 Å². The summed E-state index contributed by atoms with van der Waals surface area (Å²) in [5.74, 6) is -28.1. The Morgan fingerprint density at radius 2 is 0.923 bits per heavy atom. The largest absolute Gasteiger partial charge is 0.450 e. The predicted molar refractivity (Wildman–Crippen MR) is 164 cm³/mol. The van der Waals surface area contributed by atoms with Crippen LogP contribution in [-0.2, 0) is 20.2 Å². The number of hydrogen-bond acceptors (Lipinski definition) is 7. The molecule has 0 heterocycles. The fraction of sp³-hybridized carbons (Fsp3) is 0. The highest BCUT2D eigenvalue weighted by molar-refractivity contribution is 7.86. The zero-order valence-corrected chi connectivity index (χ0v) is 26.7. The fourth-order valence-electron chi connectivity index (χ4n) is 5.11. The Hall–Kier alpha value is -5.63. The SMILES string of the molecule is O=C(c1c(F)c(F)c(Oc2cccc3ccccc23)c(F)c1F)c1c(F)c(F)c(Oc2cc(S(=O)(=O)O)cc3cc(S(=O)(=O)O)ccc23)c(F)c1F. The Morgan fingerprint density at radius 1 is 0.481 bits per heavy atom. The lowest BCUT2D eigenvalue weighted by Gasteiger charge is -2.16. The molecule has 0 aliphatic heterocycles. The van der Waals surface area contributed by atoms with Gasteiger partial charge in [-0.15, -0.1) is 0 Å². The lowest BCUT2D eigenvalue weighted by Crippen LogP contribution is -2.18. The molecule has 6 rings (SSSR count). The van der Waals surface area contributed by atoms with E-state index >= 15 is 35.1 Å². The number of carbonyl (C=O) groups excluding carboxylic acids is 1. The first-order valence-corrected chi connectivity index (χ1v) is 16.8. The van der Waals surface area contributed by atoms with Gasteiger partial charge in [0.05, 0.1) is 9.79 Å². The van der Waals surface area contributed by atoms with Crippen molar-refractivity contribution in [3.8, 4) is 23.0 Å². The van der Waals surface area contributed by atoms with E-state index in [2.05, 4.69) is 0 Å². The highest BCUT2D eigenvalue weighted by Gasteiger charge is 2.37. The minimum Gasteiger partial charge on any atom is -0.450 e. The van der Waals surface area contributed by atoms with Crippen molar-refractivity contribution >= 4 is 47.6 Å². The van der Waals surface area contributed by atoms with E-state index in [4.69, 9.17) is 9.47 Å². The number of ketones is 1. The second-order valence-corrected chi connectivity index (χ2v) is 13.5. The van der Waals surface area contributed by atoms with Crippen LogP contribution in [0.3, 0.4) is 0 Å². The molecule has 6 aromatic rings. The first kappa shape index (κ1) is 36.2. The number of halogens is 8. The van der Waals surface area contributed by atoms with Gasteiger partial charge in [-0.25, -0.2) is 17.6 Å². The van der Waals surface area contributed by atoms with E-state index < -0.39 is 121 Å². The van der Waals surface area contributed by atoms with Crippen molar-refractivity contribution in [2.24, 2.45) is 0 Å². The minimum atomic E-state index is -5.20. The van der Waals surface area contributed by atoms with Gasteiger partial charge in [0.15, 0.2) is 23.3 Å². The molecule has 0 saturated carbocycles. The average Bonchev–Trinajstić information content (AvgIpc) is 3.09. The number of rotatable bonds is 8. The molecular weight excluding hydrogens is 756 g/mol. The summed E-state index contributed by atoms with van der Waals surface area (Å²) >= 11 is 0. The molecule has 6 aromatic carbocycles. The third-order valence-electron chi connectivity index (χ3n) is 7.53. The molecule has 52 heavy (non-hydrogen) atoms. The molecular formula is C33H14F8O9S2. The maximum atomic E-state index is 15.3. The van der Waals surface area contributed by atoms with Crippen LogP contribution in [0.1, 0.15) is 15.9 Å². The van der Waals surface area contributed by atoms with Gasteiger partial charge in [0.25, 0.3) is 20.2 Å². The monoisotopic (exact) mass is 770 g/mol. The van der Waals surface area contributed by atoms with Crippen molar-refractivity contribution in [1.29, 1.82) is 0 Å². The van der Waals surface area contributed by atoms with E-state index in [9.17, 15) is 30.7 Å². The van der Waals surface area contributed by atoms with E-state index in [0.717, 1.165) is 6.07 Å². The topological polar surface area (TPSA) is 144 Å². The van der Waals surface area contributed by atoms with E-state index in [0.29, 0.717) is 29.7 Å². The summed E-state index contributed by atoms with van der Waals surface area (Å²) in [4.78, 5) is 11.1. The Morgan fingerprint density at radius 3 is 1.44 bits per heavy atom. The van der Waals surface area contributed by atoms with Gasteiger partial charge < -0.3 is 9.47 Å². The van der Waals surface area contributed by atoms with Crippen molar-refractivity contribution in [2.45, 2.75) is 9.79 Å². The van der Waals surface area contributed by atoms with Gasteiger partial charge in [-0.2, -0.15) is 34.4 Å². The predicted octanol–water partition coefficient (Wildman–Crippen LogP) is 8.41. The maximum Gasteiger partial charge on any atom is 0.294 e. The van der Waals surface area contributed by atoms with Crippen molar-refractivity contribution in [3.05, 3.63) is 130 Å². The highest BCUT2D eigenvalue weighted by Crippen LogP contribution is 2.41. The van der Waals surface area contributed by atoms with Crippen LogP contribution in [0.4, 0.5) is 35.1 Å². The molecule has 19 heteroatoms. The van der Waals surface area contributed by atoms with E-state index in [1.807, 2.05) is 0 Å². The Bertz CT molecular complexity index is 2690. The zero-order valence-electron chi connectivity index (χ0n) is 25.0. The van der Waals surface area contributed by atoms with Crippen LogP contribution in [0.25, 0.3) is 21.5 Å². The molecule has 0 radical (unpaired) electrons. The first-order valence-electron chi connectivity index (χ1n) is 13.9. The zero-order chi connectivity index (χ0) is 38.0. The normalized spacial score (nSPS) is 12.0. The van der Waals surface area contributed by atoms with Crippen LogP contribution >= 0.6 is 0 Å². The lowest BCUT2D eigenvalue weighted by atomic mass is 9.99. The smallest absolute Gasteiger partial charge is 0.294 e. The number of ether oxygens (including phenoxy) is 2. The summed E-state index contributed by atoms with van der Waals surface area (Å²) < 4.78 is 198. The molecule has 0 aliphatic carbocycles. The van der Waals surface area contributed by atoms with Gasteiger partial charge in [-0.05, 0) is 41.1 Å². The first-order chi connectivity index (χ1) is 24.3. The average molecular weight is 771 g/mol. The lowest BCUT2D eigenvalue weighted by molar-refractivity contribution is 0.101. The van der Waals surface area contributed by atoms with Gasteiger partial charge in [0.1, 0.15) is 22.6 Å².